The zero-order chi connectivity index (χ0) is 20.7. The van der Waals surface area contributed by atoms with Crippen LogP contribution in [-0.4, -0.2) is 20.2 Å². The van der Waals surface area contributed by atoms with Gasteiger partial charge in [-0.15, -0.1) is 11.3 Å². The number of hydrogen-bond acceptors (Lipinski definition) is 4. The van der Waals surface area contributed by atoms with Gasteiger partial charge in [-0.05, 0) is 43.7 Å². The molecule has 0 spiro atoms. The van der Waals surface area contributed by atoms with Crippen LogP contribution in [0, 0.1) is 25.7 Å². The summed E-state index contributed by atoms with van der Waals surface area (Å²) in [5, 5.41) is 1.82. The van der Waals surface area contributed by atoms with Crippen molar-refractivity contribution in [2.45, 2.75) is 20.4 Å². The molecule has 0 saturated carbocycles. The van der Waals surface area contributed by atoms with Crippen LogP contribution in [0.1, 0.15) is 38.6 Å². The molecule has 1 aliphatic rings. The van der Waals surface area contributed by atoms with E-state index in [0.29, 0.717) is 11.6 Å². The highest BCUT2D eigenvalue weighted by atomic mass is 35.5. The third kappa shape index (κ3) is 3.24. The summed E-state index contributed by atoms with van der Waals surface area (Å²) in [6, 6.07) is 11.7. The third-order valence-electron chi connectivity index (χ3n) is 5.08. The topological polar surface area (TPSA) is 43.1 Å². The highest BCUT2D eigenvalue weighted by Gasteiger charge is 2.26. The Morgan fingerprint density at radius 3 is 2.67 bits per heavy atom. The summed E-state index contributed by atoms with van der Waals surface area (Å²) in [4.78, 5) is 14.7. The van der Waals surface area contributed by atoms with Crippen molar-refractivity contribution in [2.75, 3.05) is 0 Å². The van der Waals surface area contributed by atoms with Gasteiger partial charge in [0.2, 0.25) is 0 Å². The highest BCUT2D eigenvalue weighted by molar-refractivity contribution is 7.15. The molecule has 0 atom stereocenters. The minimum Gasteiger partial charge on any atom is -0.290 e. The van der Waals surface area contributed by atoms with Gasteiger partial charge in [0.25, 0.3) is 0 Å². The summed E-state index contributed by atoms with van der Waals surface area (Å²) < 4.78 is 2.20. The maximum absolute atomic E-state index is 6.12. The SMILES string of the molecule is Cc1c(C#Cc2cccnc2)sc2c1C(c1ccc(Cl)cc1)=NCc1cnc(C)n1-2. The Bertz CT molecular complexity index is 1340. The summed E-state index contributed by atoms with van der Waals surface area (Å²) in [6.07, 6.45) is 5.44. The van der Waals surface area contributed by atoms with Gasteiger partial charge in [-0.25, -0.2) is 4.98 Å². The predicted molar refractivity (Wildman–Crippen MR) is 122 cm³/mol. The van der Waals surface area contributed by atoms with Gasteiger partial charge in [-0.1, -0.05) is 35.6 Å². The summed E-state index contributed by atoms with van der Waals surface area (Å²) in [7, 11) is 0. The monoisotopic (exact) mass is 428 g/mol. The summed E-state index contributed by atoms with van der Waals surface area (Å²) in [5.74, 6) is 7.54. The molecule has 1 aliphatic heterocycles. The van der Waals surface area contributed by atoms with Crippen LogP contribution in [-0.2, 0) is 6.54 Å². The fourth-order valence-electron chi connectivity index (χ4n) is 3.58. The van der Waals surface area contributed by atoms with Crippen LogP contribution in [0.2, 0.25) is 5.02 Å². The number of hydrogen-bond donors (Lipinski definition) is 0. The van der Waals surface area contributed by atoms with Crippen molar-refractivity contribution >= 4 is 28.6 Å². The number of nitrogens with zero attached hydrogens (tertiary/aromatic N) is 4. The molecule has 5 rings (SSSR count). The van der Waals surface area contributed by atoms with Gasteiger partial charge < -0.3 is 0 Å². The molecule has 0 unspecified atom stereocenters. The Kier molecular flexibility index (Phi) is 4.74. The Hall–Kier alpha value is -3.20. The second-order valence-electron chi connectivity index (χ2n) is 7.03. The number of aromatic nitrogens is 3. The van der Waals surface area contributed by atoms with Gasteiger partial charge in [-0.3, -0.25) is 14.5 Å². The van der Waals surface area contributed by atoms with Crippen LogP contribution in [0.15, 0.2) is 60.0 Å². The predicted octanol–water partition coefficient (Wildman–Crippen LogP) is 5.35. The van der Waals surface area contributed by atoms with Crippen LogP contribution in [0.25, 0.3) is 5.00 Å². The molecule has 30 heavy (non-hydrogen) atoms. The van der Waals surface area contributed by atoms with Crippen LogP contribution in [0.4, 0.5) is 0 Å². The fourth-order valence-corrected chi connectivity index (χ4v) is 4.95. The number of imidazole rings is 1. The molecule has 4 heterocycles. The molecular formula is C24H17ClN4S. The van der Waals surface area contributed by atoms with E-state index in [0.717, 1.165) is 49.4 Å². The fraction of sp³-hybridized carbons (Fsp3) is 0.125. The molecule has 0 radical (unpaired) electrons. The first-order valence-electron chi connectivity index (χ1n) is 9.51. The number of aryl methyl sites for hydroxylation is 1. The minimum absolute atomic E-state index is 0.580. The second kappa shape index (κ2) is 7.56. The van der Waals surface area contributed by atoms with Gasteiger partial charge >= 0.3 is 0 Å². The number of benzene rings is 1. The average Bonchev–Trinajstić information content (AvgIpc) is 3.22. The van der Waals surface area contributed by atoms with Gasteiger partial charge in [-0.2, -0.15) is 0 Å². The van der Waals surface area contributed by atoms with E-state index in [9.17, 15) is 0 Å². The average molecular weight is 429 g/mol. The Labute approximate surface area is 183 Å². The Balaban J connectivity index is 1.71. The van der Waals surface area contributed by atoms with E-state index >= 15 is 0 Å². The molecule has 3 aromatic heterocycles. The highest BCUT2D eigenvalue weighted by Crippen LogP contribution is 2.36. The van der Waals surface area contributed by atoms with Gasteiger partial charge in [0.1, 0.15) is 10.8 Å². The van der Waals surface area contributed by atoms with E-state index < -0.39 is 0 Å². The first-order chi connectivity index (χ1) is 14.6. The largest absolute Gasteiger partial charge is 0.290 e. The number of rotatable bonds is 1. The molecule has 4 nitrogen and oxygen atoms in total. The lowest BCUT2D eigenvalue weighted by Crippen LogP contribution is -2.07. The molecule has 4 aromatic rings. The lowest BCUT2D eigenvalue weighted by atomic mass is 10.00. The normalized spacial score (nSPS) is 12.3. The van der Waals surface area contributed by atoms with Gasteiger partial charge in [0.05, 0.1) is 29.0 Å². The van der Waals surface area contributed by atoms with Crippen molar-refractivity contribution in [1.82, 2.24) is 14.5 Å². The molecule has 6 heteroatoms. The van der Waals surface area contributed by atoms with Crippen molar-refractivity contribution in [3.05, 3.63) is 98.7 Å². The molecule has 146 valence electrons. The third-order valence-corrected chi connectivity index (χ3v) is 6.52. The molecular weight excluding hydrogens is 412 g/mol. The number of pyridine rings is 1. The lowest BCUT2D eigenvalue weighted by molar-refractivity contribution is 0.901. The van der Waals surface area contributed by atoms with Crippen molar-refractivity contribution in [3.63, 3.8) is 0 Å². The minimum atomic E-state index is 0.580. The Morgan fingerprint density at radius 1 is 1.07 bits per heavy atom. The van der Waals surface area contributed by atoms with Crippen LogP contribution >= 0.6 is 22.9 Å². The first-order valence-corrected chi connectivity index (χ1v) is 10.7. The number of thiophene rings is 1. The zero-order valence-electron chi connectivity index (χ0n) is 16.5. The molecule has 1 aromatic carbocycles. The van der Waals surface area contributed by atoms with Crippen LogP contribution in [0.3, 0.4) is 0 Å². The maximum Gasteiger partial charge on any atom is 0.112 e. The number of halogens is 1. The summed E-state index contributed by atoms with van der Waals surface area (Å²) >= 11 is 7.80. The maximum atomic E-state index is 6.12. The zero-order valence-corrected chi connectivity index (χ0v) is 18.1. The summed E-state index contributed by atoms with van der Waals surface area (Å²) in [5.41, 5.74) is 6.22. The number of aliphatic imine (C=N–C) groups is 1. The second-order valence-corrected chi connectivity index (χ2v) is 8.47. The molecule has 0 aliphatic carbocycles. The van der Waals surface area contributed by atoms with E-state index in [1.54, 1.807) is 23.7 Å². The molecule has 0 amide bonds. The van der Waals surface area contributed by atoms with Gasteiger partial charge in [0, 0.05) is 34.1 Å². The molecule has 0 N–H and O–H groups in total. The van der Waals surface area contributed by atoms with Crippen molar-refractivity contribution in [3.8, 4) is 16.8 Å². The van der Waals surface area contributed by atoms with Crippen LogP contribution < -0.4 is 0 Å². The van der Waals surface area contributed by atoms with E-state index in [-0.39, 0.29) is 0 Å². The number of fused-ring (bicyclic) bond motifs is 3. The smallest absolute Gasteiger partial charge is 0.112 e. The van der Waals surface area contributed by atoms with Crippen molar-refractivity contribution in [1.29, 1.82) is 0 Å². The van der Waals surface area contributed by atoms with E-state index in [1.165, 1.54) is 0 Å². The Morgan fingerprint density at radius 2 is 1.90 bits per heavy atom. The lowest BCUT2D eigenvalue weighted by Gasteiger charge is -2.09. The molecule has 0 fully saturated rings. The van der Waals surface area contributed by atoms with Gasteiger partial charge in [0.15, 0.2) is 0 Å². The van der Waals surface area contributed by atoms with Crippen molar-refractivity contribution < 1.29 is 0 Å². The molecule has 0 bridgehead atoms. The van der Waals surface area contributed by atoms with Crippen molar-refractivity contribution in [2.24, 2.45) is 4.99 Å². The standard InChI is InChI=1S/C24H17ClN4S/c1-15-21(10-5-17-4-3-11-26-12-17)30-24-22(15)23(18-6-8-19(25)9-7-18)28-14-20-13-27-16(2)29(20)24/h3-4,6-9,11-13H,14H2,1-2H3. The van der Waals surface area contributed by atoms with E-state index in [4.69, 9.17) is 16.6 Å². The van der Waals surface area contributed by atoms with Crippen LogP contribution in [0.5, 0.6) is 0 Å². The van der Waals surface area contributed by atoms with E-state index in [2.05, 4.69) is 33.3 Å². The quantitative estimate of drug-likeness (QED) is 0.383. The summed E-state index contributed by atoms with van der Waals surface area (Å²) in [6.45, 7) is 4.72. The molecule has 0 saturated heterocycles. The first kappa shape index (κ1) is 18.8. The van der Waals surface area contributed by atoms with E-state index in [1.807, 2.05) is 49.5 Å².